The molecule has 0 saturated carbocycles. The highest BCUT2D eigenvalue weighted by molar-refractivity contribution is 4.62. The van der Waals surface area contributed by atoms with E-state index in [9.17, 15) is 0 Å². The van der Waals surface area contributed by atoms with E-state index in [2.05, 4.69) is 6.92 Å². The molecule has 0 aromatic carbocycles. The lowest BCUT2D eigenvalue weighted by molar-refractivity contribution is 0.275. The minimum absolute atomic E-state index is 0.350. The second-order valence-corrected chi connectivity index (χ2v) is 7.28. The van der Waals surface area contributed by atoms with Gasteiger partial charge in [0.1, 0.15) is 0 Å². The van der Waals surface area contributed by atoms with Crippen LogP contribution >= 0.6 is 0 Å². The van der Waals surface area contributed by atoms with Gasteiger partial charge in [0.2, 0.25) is 0 Å². The predicted molar refractivity (Wildman–Crippen MR) is 102 cm³/mol. The Bertz CT molecular complexity index is 206. The van der Waals surface area contributed by atoms with E-state index in [-0.39, 0.29) is 0 Å². The van der Waals surface area contributed by atoms with Crippen molar-refractivity contribution in [2.24, 2.45) is 5.92 Å². The molecule has 0 fully saturated rings. The topological polar surface area (TPSA) is 40.5 Å². The molecular formula is C21H44O2. The van der Waals surface area contributed by atoms with Crippen LogP contribution in [0.1, 0.15) is 116 Å². The zero-order chi connectivity index (χ0) is 17.0. The maximum absolute atomic E-state index is 8.90. The first-order chi connectivity index (χ1) is 11.3. The van der Waals surface area contributed by atoms with Crippen LogP contribution in [0.3, 0.4) is 0 Å². The lowest BCUT2D eigenvalue weighted by Gasteiger charge is -2.17. The van der Waals surface area contributed by atoms with E-state index >= 15 is 0 Å². The summed E-state index contributed by atoms with van der Waals surface area (Å²) in [6.07, 6.45) is 22.2. The van der Waals surface area contributed by atoms with E-state index in [1.807, 2.05) is 0 Å². The lowest BCUT2D eigenvalue weighted by Crippen LogP contribution is -2.02. The second kappa shape index (κ2) is 20.0. The molecule has 0 aliphatic heterocycles. The van der Waals surface area contributed by atoms with Gasteiger partial charge in [-0.1, -0.05) is 103 Å². The highest BCUT2D eigenvalue weighted by Gasteiger charge is 2.08. The van der Waals surface area contributed by atoms with Crippen molar-refractivity contribution in [2.45, 2.75) is 116 Å². The summed E-state index contributed by atoms with van der Waals surface area (Å²) in [6.45, 7) is 2.98. The summed E-state index contributed by atoms with van der Waals surface area (Å²) in [4.78, 5) is 0. The molecule has 0 saturated heterocycles. The maximum atomic E-state index is 8.90. The number of hydrogen-bond donors (Lipinski definition) is 2. The third kappa shape index (κ3) is 18.1. The summed E-state index contributed by atoms with van der Waals surface area (Å²) in [7, 11) is 0. The summed E-state index contributed by atoms with van der Waals surface area (Å²) >= 11 is 0. The Kier molecular flexibility index (Phi) is 19.9. The van der Waals surface area contributed by atoms with Crippen LogP contribution in [-0.4, -0.2) is 23.4 Å². The van der Waals surface area contributed by atoms with Gasteiger partial charge in [-0.15, -0.1) is 0 Å². The second-order valence-electron chi connectivity index (χ2n) is 7.28. The van der Waals surface area contributed by atoms with Crippen LogP contribution < -0.4 is 0 Å². The van der Waals surface area contributed by atoms with Crippen molar-refractivity contribution < 1.29 is 10.2 Å². The fourth-order valence-electron chi connectivity index (χ4n) is 3.44. The summed E-state index contributed by atoms with van der Waals surface area (Å²) < 4.78 is 0. The van der Waals surface area contributed by atoms with Crippen LogP contribution in [0.25, 0.3) is 0 Å². The monoisotopic (exact) mass is 328 g/mol. The molecule has 140 valence electrons. The molecule has 23 heavy (non-hydrogen) atoms. The molecule has 1 atom stereocenters. The molecule has 0 bridgehead atoms. The van der Waals surface area contributed by atoms with Crippen molar-refractivity contribution in [2.75, 3.05) is 13.2 Å². The zero-order valence-corrected chi connectivity index (χ0v) is 15.9. The molecule has 1 unspecified atom stereocenters. The predicted octanol–water partition coefficient (Wildman–Crippen LogP) is 6.24. The number of rotatable bonds is 19. The van der Waals surface area contributed by atoms with Crippen molar-refractivity contribution in [1.29, 1.82) is 0 Å². The average Bonchev–Trinajstić information content (AvgIpc) is 2.57. The molecule has 0 aromatic heterocycles. The first-order valence-electron chi connectivity index (χ1n) is 10.6. The first kappa shape index (κ1) is 22.9. The van der Waals surface area contributed by atoms with Crippen molar-refractivity contribution in [1.82, 2.24) is 0 Å². The number of aliphatic hydroxyl groups is 2. The number of hydrogen-bond acceptors (Lipinski definition) is 2. The minimum atomic E-state index is 0.350. The lowest BCUT2D eigenvalue weighted by atomic mass is 9.89. The van der Waals surface area contributed by atoms with Gasteiger partial charge in [0, 0.05) is 13.2 Å². The molecule has 0 aromatic rings. The van der Waals surface area contributed by atoms with Gasteiger partial charge >= 0.3 is 0 Å². The van der Waals surface area contributed by atoms with Crippen molar-refractivity contribution in [3.63, 3.8) is 0 Å². The summed E-state index contributed by atoms with van der Waals surface area (Å²) in [6, 6.07) is 0. The van der Waals surface area contributed by atoms with Crippen LogP contribution in [0.15, 0.2) is 0 Å². The summed E-state index contributed by atoms with van der Waals surface area (Å²) in [5.74, 6) is 0.901. The molecule has 0 aliphatic rings. The smallest absolute Gasteiger partial charge is 0.0431 e. The van der Waals surface area contributed by atoms with Crippen LogP contribution in [0.4, 0.5) is 0 Å². The molecule has 0 radical (unpaired) electrons. The average molecular weight is 329 g/mol. The van der Waals surface area contributed by atoms with E-state index in [4.69, 9.17) is 10.2 Å². The highest BCUT2D eigenvalue weighted by Crippen LogP contribution is 2.24. The van der Waals surface area contributed by atoms with Crippen LogP contribution in [-0.2, 0) is 0 Å². The summed E-state index contributed by atoms with van der Waals surface area (Å²) in [5.41, 5.74) is 0. The largest absolute Gasteiger partial charge is 0.396 e. The first-order valence-corrected chi connectivity index (χ1v) is 10.6. The highest BCUT2D eigenvalue weighted by atomic mass is 16.3. The van der Waals surface area contributed by atoms with Crippen LogP contribution in [0.2, 0.25) is 0 Å². The molecule has 2 nitrogen and oxygen atoms in total. The molecule has 0 spiro atoms. The Morgan fingerprint density at radius 3 is 1.26 bits per heavy atom. The normalized spacial score (nSPS) is 12.7. The Balaban J connectivity index is 3.69. The Morgan fingerprint density at radius 1 is 0.478 bits per heavy atom. The maximum Gasteiger partial charge on any atom is 0.0431 e. The Morgan fingerprint density at radius 2 is 0.826 bits per heavy atom. The molecule has 0 heterocycles. The van der Waals surface area contributed by atoms with Crippen molar-refractivity contribution in [3.05, 3.63) is 0 Å². The van der Waals surface area contributed by atoms with E-state index in [0.29, 0.717) is 13.2 Å². The molecule has 0 aliphatic carbocycles. The van der Waals surface area contributed by atoms with Crippen molar-refractivity contribution in [3.8, 4) is 0 Å². The third-order valence-electron chi connectivity index (χ3n) is 5.01. The zero-order valence-electron chi connectivity index (χ0n) is 15.9. The number of unbranched alkanes of at least 4 members (excludes halogenated alkanes) is 11. The molecule has 0 amide bonds. The van der Waals surface area contributed by atoms with Gasteiger partial charge in [0.25, 0.3) is 0 Å². The van der Waals surface area contributed by atoms with Crippen LogP contribution in [0.5, 0.6) is 0 Å². The molecule has 0 rings (SSSR count). The Labute approximate surface area is 146 Å². The number of aliphatic hydroxyl groups excluding tert-OH is 2. The van der Waals surface area contributed by atoms with Gasteiger partial charge in [0.05, 0.1) is 0 Å². The van der Waals surface area contributed by atoms with Gasteiger partial charge < -0.3 is 10.2 Å². The SMILES string of the molecule is CCCCCCCCCC(CCCCCO)CCCCCCO. The minimum Gasteiger partial charge on any atom is -0.396 e. The van der Waals surface area contributed by atoms with Gasteiger partial charge in [-0.25, -0.2) is 0 Å². The fraction of sp³-hybridized carbons (Fsp3) is 1.00. The molecule has 2 N–H and O–H groups in total. The Hall–Kier alpha value is -0.0800. The quantitative estimate of drug-likeness (QED) is 0.276. The van der Waals surface area contributed by atoms with Gasteiger partial charge in [-0.2, -0.15) is 0 Å². The standard InChI is InChI=1S/C21H44O2/c1-2-3-4-5-6-7-11-16-21(18-13-10-15-20-23)17-12-8-9-14-19-22/h21-23H,2-20H2,1H3. The molecule has 2 heteroatoms. The van der Waals surface area contributed by atoms with E-state index in [1.165, 1.54) is 96.3 Å². The van der Waals surface area contributed by atoms with E-state index < -0.39 is 0 Å². The van der Waals surface area contributed by atoms with Gasteiger partial charge in [-0.3, -0.25) is 0 Å². The summed E-state index contributed by atoms with van der Waals surface area (Å²) in [5, 5.41) is 17.7. The van der Waals surface area contributed by atoms with Gasteiger partial charge in [-0.05, 0) is 18.8 Å². The fourth-order valence-corrected chi connectivity index (χ4v) is 3.44. The molecular weight excluding hydrogens is 284 g/mol. The van der Waals surface area contributed by atoms with E-state index in [1.54, 1.807) is 0 Å². The third-order valence-corrected chi connectivity index (χ3v) is 5.01. The van der Waals surface area contributed by atoms with E-state index in [0.717, 1.165) is 18.8 Å². The van der Waals surface area contributed by atoms with Crippen molar-refractivity contribution >= 4 is 0 Å². The van der Waals surface area contributed by atoms with Gasteiger partial charge in [0.15, 0.2) is 0 Å². The van der Waals surface area contributed by atoms with Crippen LogP contribution in [0, 0.1) is 5.92 Å².